The second-order valence-electron chi connectivity index (χ2n) is 5.32. The first kappa shape index (κ1) is 16.8. The van der Waals surface area contributed by atoms with Crippen LogP contribution in [0.5, 0.6) is 5.88 Å². The van der Waals surface area contributed by atoms with Crippen LogP contribution in [0.15, 0.2) is 47.6 Å². The zero-order valence-corrected chi connectivity index (χ0v) is 13.1. The largest absolute Gasteiger partial charge is 0.494 e. The maximum Gasteiger partial charge on any atom is 0.271 e. The molecule has 0 saturated carbocycles. The van der Waals surface area contributed by atoms with Crippen LogP contribution in [0.25, 0.3) is 33.1 Å². The van der Waals surface area contributed by atoms with E-state index in [1.54, 1.807) is 18.2 Å². The Morgan fingerprint density at radius 3 is 2.52 bits per heavy atom. The minimum atomic E-state index is -0.516. The van der Waals surface area contributed by atoms with Crippen molar-refractivity contribution in [1.82, 2.24) is 9.97 Å². The van der Waals surface area contributed by atoms with Gasteiger partial charge in [-0.1, -0.05) is 18.2 Å². The van der Waals surface area contributed by atoms with E-state index in [4.69, 9.17) is 0 Å². The topological polar surface area (TPSA) is 124 Å². The second kappa shape index (κ2) is 6.09. The van der Waals surface area contributed by atoms with E-state index in [1.807, 2.05) is 6.07 Å². The van der Waals surface area contributed by atoms with Gasteiger partial charge in [0.05, 0.1) is 21.7 Å². The van der Waals surface area contributed by atoms with E-state index in [9.17, 15) is 20.1 Å². The number of para-hydroxylation sites is 1. The minimum Gasteiger partial charge on any atom is -0.494 e. The first-order valence-electron chi connectivity index (χ1n) is 7.03. The van der Waals surface area contributed by atoms with Crippen LogP contribution in [0, 0.1) is 15.0 Å². The molecule has 0 spiro atoms. The van der Waals surface area contributed by atoms with E-state index in [0.717, 1.165) is 0 Å². The summed E-state index contributed by atoms with van der Waals surface area (Å²) in [5.74, 6) is -0.193. The Bertz CT molecular complexity index is 1130. The number of hydrogen-bond acceptors (Lipinski definition) is 5. The normalized spacial score (nSPS) is 10.7. The Morgan fingerprint density at radius 2 is 1.80 bits per heavy atom. The Kier molecular flexibility index (Phi) is 4.08. The summed E-state index contributed by atoms with van der Waals surface area (Å²) in [6.45, 7) is 0. The SMILES string of the molecule is O=Nc1c(-c2c(O)[nH]c3cc([N+](=O)[O-])ccc23)[nH]c2ccccc12.[Li]. The third-order valence-corrected chi connectivity index (χ3v) is 3.99. The molecule has 2 aromatic carbocycles. The van der Waals surface area contributed by atoms with Gasteiger partial charge in [0.1, 0.15) is 5.69 Å². The number of nitro groups is 1. The summed E-state index contributed by atoms with van der Waals surface area (Å²) < 4.78 is 0. The van der Waals surface area contributed by atoms with Gasteiger partial charge in [-0.3, -0.25) is 10.1 Å². The summed E-state index contributed by atoms with van der Waals surface area (Å²) in [5.41, 5.74) is 1.90. The number of nitrogens with one attached hydrogen (secondary N) is 2. The summed E-state index contributed by atoms with van der Waals surface area (Å²) in [4.78, 5) is 27.5. The molecular weight excluding hydrogens is 319 g/mol. The summed E-state index contributed by atoms with van der Waals surface area (Å²) in [6.07, 6.45) is 0. The molecule has 0 atom stereocenters. The van der Waals surface area contributed by atoms with Crippen molar-refractivity contribution in [3.05, 3.63) is 57.5 Å². The Morgan fingerprint density at radius 1 is 1.04 bits per heavy atom. The van der Waals surface area contributed by atoms with Crippen molar-refractivity contribution in [2.24, 2.45) is 5.18 Å². The van der Waals surface area contributed by atoms with Gasteiger partial charge < -0.3 is 15.1 Å². The summed E-state index contributed by atoms with van der Waals surface area (Å²) >= 11 is 0. The number of aromatic hydroxyl groups is 1. The number of hydrogen-bond donors (Lipinski definition) is 3. The van der Waals surface area contributed by atoms with E-state index < -0.39 is 4.92 Å². The number of non-ortho nitro benzene ring substituents is 1. The zero-order chi connectivity index (χ0) is 16.8. The smallest absolute Gasteiger partial charge is 0.271 e. The van der Waals surface area contributed by atoms with Crippen molar-refractivity contribution in [3.8, 4) is 17.1 Å². The third kappa shape index (κ3) is 2.48. The van der Waals surface area contributed by atoms with Gasteiger partial charge in [0.15, 0.2) is 5.88 Å². The van der Waals surface area contributed by atoms with Gasteiger partial charge >= 0.3 is 0 Å². The van der Waals surface area contributed by atoms with E-state index in [0.29, 0.717) is 33.1 Å². The minimum absolute atomic E-state index is 0. The number of H-pyrrole nitrogens is 2. The molecule has 25 heavy (non-hydrogen) atoms. The monoisotopic (exact) mass is 329 g/mol. The average molecular weight is 329 g/mol. The van der Waals surface area contributed by atoms with Crippen LogP contribution in [0.2, 0.25) is 0 Å². The number of nitroso groups, excluding NO2 is 1. The Hall–Kier alpha value is -3.08. The van der Waals surface area contributed by atoms with Crippen LogP contribution in [-0.2, 0) is 0 Å². The number of rotatable bonds is 3. The maximum absolute atomic E-state index is 11.3. The fourth-order valence-corrected chi connectivity index (χ4v) is 2.94. The van der Waals surface area contributed by atoms with Crippen LogP contribution < -0.4 is 0 Å². The number of nitrogens with zero attached hydrogens (tertiary/aromatic N) is 2. The first-order valence-corrected chi connectivity index (χ1v) is 7.03. The van der Waals surface area contributed by atoms with Gasteiger partial charge in [0.2, 0.25) is 0 Å². The van der Waals surface area contributed by atoms with Crippen molar-refractivity contribution in [2.45, 2.75) is 0 Å². The van der Waals surface area contributed by atoms with Gasteiger partial charge in [0.25, 0.3) is 5.69 Å². The second-order valence-corrected chi connectivity index (χ2v) is 5.32. The van der Waals surface area contributed by atoms with E-state index in [-0.39, 0.29) is 36.1 Å². The van der Waals surface area contributed by atoms with Gasteiger partial charge in [-0.25, -0.2) is 0 Å². The maximum atomic E-state index is 11.3. The molecule has 0 aliphatic heterocycles. The van der Waals surface area contributed by atoms with Crippen molar-refractivity contribution in [1.29, 1.82) is 0 Å². The standard InChI is InChI=1S/C16H10N4O4.Li/c21-16-13(9-6-5-8(20(23)24)7-12(9)18-16)15-14(19-22)10-3-1-2-4-11(10)17-15;/h1-7,17-18,21H;. The molecule has 0 amide bonds. The van der Waals surface area contributed by atoms with Crippen molar-refractivity contribution in [3.63, 3.8) is 0 Å². The summed E-state index contributed by atoms with van der Waals surface area (Å²) in [5, 5.41) is 25.4. The van der Waals surface area contributed by atoms with Gasteiger partial charge in [-0.05, 0) is 17.3 Å². The number of benzene rings is 2. The molecule has 2 heterocycles. The summed E-state index contributed by atoms with van der Waals surface area (Å²) in [7, 11) is 0. The molecule has 0 aliphatic carbocycles. The van der Waals surface area contributed by atoms with Gasteiger partial charge in [-0.15, -0.1) is 4.91 Å². The number of nitro benzene ring substituents is 1. The van der Waals surface area contributed by atoms with E-state index >= 15 is 0 Å². The molecule has 119 valence electrons. The predicted molar refractivity (Wildman–Crippen MR) is 95.1 cm³/mol. The van der Waals surface area contributed by atoms with Crippen LogP contribution in [-0.4, -0.2) is 38.9 Å². The van der Waals surface area contributed by atoms with Crippen LogP contribution in [0.3, 0.4) is 0 Å². The van der Waals surface area contributed by atoms with Crippen LogP contribution >= 0.6 is 0 Å². The van der Waals surface area contributed by atoms with Gasteiger partial charge in [-0.2, -0.15) is 0 Å². The fraction of sp³-hybridized carbons (Fsp3) is 0. The molecule has 1 radical (unpaired) electrons. The molecule has 0 saturated heterocycles. The zero-order valence-electron chi connectivity index (χ0n) is 13.1. The number of aromatic nitrogens is 2. The molecule has 0 fully saturated rings. The average Bonchev–Trinajstić information content (AvgIpc) is 3.09. The molecule has 4 rings (SSSR count). The molecule has 2 aromatic heterocycles. The van der Waals surface area contributed by atoms with Crippen molar-refractivity contribution < 1.29 is 10.0 Å². The van der Waals surface area contributed by atoms with Gasteiger partial charge in [0, 0.05) is 47.3 Å². The molecular formula is C16H10LiN4O4. The molecule has 9 heteroatoms. The van der Waals surface area contributed by atoms with E-state index in [1.165, 1.54) is 18.2 Å². The van der Waals surface area contributed by atoms with Crippen LogP contribution in [0.1, 0.15) is 0 Å². The molecule has 8 nitrogen and oxygen atoms in total. The predicted octanol–water partition coefficient (Wildman–Crippen LogP) is 3.95. The van der Waals surface area contributed by atoms with Crippen molar-refractivity contribution >= 4 is 52.0 Å². The fourth-order valence-electron chi connectivity index (χ4n) is 2.94. The molecule has 0 unspecified atom stereocenters. The molecule has 3 N–H and O–H groups in total. The first-order chi connectivity index (χ1) is 11.6. The Balaban J connectivity index is 0.00000182. The third-order valence-electron chi connectivity index (χ3n) is 3.99. The van der Waals surface area contributed by atoms with Crippen LogP contribution in [0.4, 0.5) is 11.4 Å². The van der Waals surface area contributed by atoms with E-state index in [2.05, 4.69) is 15.1 Å². The quantitative estimate of drug-likeness (QED) is 0.228. The number of aromatic amines is 2. The molecule has 0 aliphatic rings. The van der Waals surface area contributed by atoms with Crippen molar-refractivity contribution in [2.75, 3.05) is 0 Å². The molecule has 0 bridgehead atoms. The Labute approximate surface area is 152 Å². The molecule has 4 aromatic rings. The summed E-state index contributed by atoms with van der Waals surface area (Å²) in [6, 6.07) is 11.3. The number of fused-ring (bicyclic) bond motifs is 2.